The van der Waals surface area contributed by atoms with E-state index in [-0.39, 0.29) is 19.1 Å². The zero-order valence-corrected chi connectivity index (χ0v) is 16.8. The molecule has 3 aromatic rings. The van der Waals surface area contributed by atoms with Gasteiger partial charge in [-0.3, -0.25) is 9.10 Å². The molecule has 3 aromatic carbocycles. The Balaban J connectivity index is 1.63. The van der Waals surface area contributed by atoms with Crippen LogP contribution in [0.3, 0.4) is 0 Å². The van der Waals surface area contributed by atoms with Crippen LogP contribution in [-0.4, -0.2) is 27.2 Å². The Morgan fingerprint density at radius 3 is 2.07 bits per heavy atom. The fraction of sp³-hybridized carbons (Fsp3) is 0.136. The predicted molar refractivity (Wildman–Crippen MR) is 114 cm³/mol. The van der Waals surface area contributed by atoms with Crippen molar-refractivity contribution in [3.05, 3.63) is 90.5 Å². The number of rotatable bonds is 8. The zero-order valence-electron chi connectivity index (χ0n) is 16.0. The van der Waals surface area contributed by atoms with Gasteiger partial charge in [0.15, 0.2) is 6.61 Å². The van der Waals surface area contributed by atoms with Crippen molar-refractivity contribution < 1.29 is 17.9 Å². The molecule has 0 saturated carbocycles. The van der Waals surface area contributed by atoms with Gasteiger partial charge in [-0.05, 0) is 42.0 Å². The number of ether oxygens (including phenoxy) is 1. The van der Waals surface area contributed by atoms with Crippen molar-refractivity contribution in [2.45, 2.75) is 6.54 Å². The number of anilines is 2. The summed E-state index contributed by atoms with van der Waals surface area (Å²) >= 11 is 0. The van der Waals surface area contributed by atoms with E-state index in [1.165, 1.54) is 10.6 Å². The van der Waals surface area contributed by atoms with E-state index in [9.17, 15) is 13.2 Å². The average molecular weight is 410 g/mol. The maximum atomic E-state index is 12.3. The van der Waals surface area contributed by atoms with E-state index in [1.807, 2.05) is 48.5 Å². The zero-order chi connectivity index (χ0) is 20.7. The molecule has 0 aliphatic carbocycles. The van der Waals surface area contributed by atoms with Gasteiger partial charge in [-0.1, -0.05) is 48.5 Å². The number of nitrogens with one attached hydrogen (secondary N) is 1. The SMILES string of the molecule is CS(=O)(=O)N(Cc1ccccc1)c1ccc(OCC(=O)Nc2ccccc2)cc1. The number of carbonyl (C=O) groups excluding carboxylic acids is 1. The first kappa shape index (κ1) is 20.4. The molecule has 150 valence electrons. The molecule has 0 spiro atoms. The maximum absolute atomic E-state index is 12.3. The van der Waals surface area contributed by atoms with Gasteiger partial charge in [-0.25, -0.2) is 8.42 Å². The van der Waals surface area contributed by atoms with Crippen LogP contribution in [0.15, 0.2) is 84.9 Å². The smallest absolute Gasteiger partial charge is 0.262 e. The van der Waals surface area contributed by atoms with Crippen molar-refractivity contribution in [2.24, 2.45) is 0 Å². The molecule has 0 heterocycles. The molecule has 0 aliphatic heterocycles. The molecule has 0 fully saturated rings. The maximum Gasteiger partial charge on any atom is 0.262 e. The number of para-hydroxylation sites is 1. The standard InChI is InChI=1S/C22H22N2O4S/c1-29(26,27)24(16-18-8-4-2-5-9-18)20-12-14-21(15-13-20)28-17-22(25)23-19-10-6-3-7-11-19/h2-15H,16-17H2,1H3,(H,23,25). The fourth-order valence-electron chi connectivity index (χ4n) is 2.73. The molecular weight excluding hydrogens is 388 g/mol. The largest absolute Gasteiger partial charge is 0.484 e. The molecule has 0 aliphatic rings. The van der Waals surface area contributed by atoms with Gasteiger partial charge in [0.25, 0.3) is 5.91 Å². The Labute approximate surface area is 170 Å². The molecule has 6 nitrogen and oxygen atoms in total. The molecular formula is C22H22N2O4S. The summed E-state index contributed by atoms with van der Waals surface area (Å²) < 4.78 is 31.3. The van der Waals surface area contributed by atoms with E-state index in [0.29, 0.717) is 17.1 Å². The monoisotopic (exact) mass is 410 g/mol. The quantitative estimate of drug-likeness (QED) is 0.615. The van der Waals surface area contributed by atoms with Crippen LogP contribution < -0.4 is 14.4 Å². The molecule has 0 unspecified atom stereocenters. The van der Waals surface area contributed by atoms with Gasteiger partial charge in [0.05, 0.1) is 18.5 Å². The van der Waals surface area contributed by atoms with E-state index in [4.69, 9.17) is 4.74 Å². The summed E-state index contributed by atoms with van der Waals surface area (Å²) in [6.45, 7) is 0.0907. The summed E-state index contributed by atoms with van der Waals surface area (Å²) in [6.07, 6.45) is 1.17. The van der Waals surface area contributed by atoms with Crippen LogP contribution in [0.2, 0.25) is 0 Å². The van der Waals surface area contributed by atoms with Crippen molar-refractivity contribution in [3.63, 3.8) is 0 Å². The second kappa shape index (κ2) is 9.25. The van der Waals surface area contributed by atoms with Crippen molar-refractivity contribution in [3.8, 4) is 5.75 Å². The minimum absolute atomic E-state index is 0.145. The lowest BCUT2D eigenvalue weighted by atomic mass is 10.2. The van der Waals surface area contributed by atoms with Crippen LogP contribution in [0.5, 0.6) is 5.75 Å². The van der Waals surface area contributed by atoms with Gasteiger partial charge < -0.3 is 10.1 Å². The first-order valence-corrected chi connectivity index (χ1v) is 10.9. The molecule has 0 radical (unpaired) electrons. The van der Waals surface area contributed by atoms with Crippen LogP contribution in [0.25, 0.3) is 0 Å². The van der Waals surface area contributed by atoms with Crippen LogP contribution in [-0.2, 0) is 21.4 Å². The van der Waals surface area contributed by atoms with Gasteiger partial charge in [0.2, 0.25) is 10.0 Å². The third-order valence-corrected chi connectivity index (χ3v) is 5.26. The first-order chi connectivity index (χ1) is 13.9. The number of amides is 1. The molecule has 3 rings (SSSR count). The Kier molecular flexibility index (Phi) is 6.51. The third-order valence-electron chi connectivity index (χ3n) is 4.12. The second-order valence-corrected chi connectivity index (χ2v) is 8.36. The van der Waals surface area contributed by atoms with Crippen molar-refractivity contribution in [1.29, 1.82) is 0 Å². The highest BCUT2D eigenvalue weighted by atomic mass is 32.2. The van der Waals surface area contributed by atoms with Crippen LogP contribution in [0.4, 0.5) is 11.4 Å². The van der Waals surface area contributed by atoms with Crippen LogP contribution >= 0.6 is 0 Å². The van der Waals surface area contributed by atoms with E-state index < -0.39 is 10.0 Å². The predicted octanol–water partition coefficient (Wildman–Crippen LogP) is 3.67. The van der Waals surface area contributed by atoms with Gasteiger partial charge >= 0.3 is 0 Å². The van der Waals surface area contributed by atoms with E-state index in [0.717, 1.165) is 5.56 Å². The second-order valence-electron chi connectivity index (χ2n) is 6.45. The first-order valence-electron chi connectivity index (χ1n) is 9.01. The molecule has 7 heteroatoms. The lowest BCUT2D eigenvalue weighted by molar-refractivity contribution is -0.118. The summed E-state index contributed by atoms with van der Waals surface area (Å²) in [7, 11) is -3.46. The van der Waals surface area contributed by atoms with E-state index in [2.05, 4.69) is 5.32 Å². The van der Waals surface area contributed by atoms with Crippen molar-refractivity contribution in [1.82, 2.24) is 0 Å². The van der Waals surface area contributed by atoms with Crippen LogP contribution in [0, 0.1) is 0 Å². The molecule has 0 aromatic heterocycles. The minimum atomic E-state index is -3.46. The van der Waals surface area contributed by atoms with Gasteiger partial charge in [-0.2, -0.15) is 0 Å². The molecule has 0 bridgehead atoms. The molecule has 1 N–H and O–H groups in total. The topological polar surface area (TPSA) is 75.7 Å². The van der Waals surface area contributed by atoms with Crippen molar-refractivity contribution >= 4 is 27.3 Å². The van der Waals surface area contributed by atoms with Crippen molar-refractivity contribution in [2.75, 3.05) is 22.5 Å². The summed E-state index contributed by atoms with van der Waals surface area (Å²) in [5.74, 6) is 0.201. The van der Waals surface area contributed by atoms with Gasteiger partial charge in [0, 0.05) is 5.69 Å². The fourth-order valence-corrected chi connectivity index (χ4v) is 3.61. The molecule has 29 heavy (non-hydrogen) atoms. The summed E-state index contributed by atoms with van der Waals surface area (Å²) in [5, 5.41) is 2.74. The van der Waals surface area contributed by atoms with E-state index in [1.54, 1.807) is 36.4 Å². The molecule has 0 atom stereocenters. The van der Waals surface area contributed by atoms with Gasteiger partial charge in [0.1, 0.15) is 5.75 Å². The number of hydrogen-bond donors (Lipinski definition) is 1. The van der Waals surface area contributed by atoms with Gasteiger partial charge in [-0.15, -0.1) is 0 Å². The molecule has 0 saturated heterocycles. The lowest BCUT2D eigenvalue weighted by Gasteiger charge is -2.22. The summed E-state index contributed by atoms with van der Waals surface area (Å²) in [5.41, 5.74) is 2.11. The third kappa shape index (κ3) is 6.08. The summed E-state index contributed by atoms with van der Waals surface area (Å²) in [4.78, 5) is 12.0. The minimum Gasteiger partial charge on any atom is -0.484 e. The highest BCUT2D eigenvalue weighted by Gasteiger charge is 2.18. The Hall–Kier alpha value is -3.32. The highest BCUT2D eigenvalue weighted by molar-refractivity contribution is 7.92. The number of carbonyl (C=O) groups is 1. The molecule has 1 amide bonds. The number of sulfonamides is 1. The van der Waals surface area contributed by atoms with Crippen LogP contribution in [0.1, 0.15) is 5.56 Å². The Bertz CT molecular complexity index is 1040. The Morgan fingerprint density at radius 2 is 1.48 bits per heavy atom. The number of nitrogens with zero attached hydrogens (tertiary/aromatic N) is 1. The average Bonchev–Trinajstić information content (AvgIpc) is 2.72. The highest BCUT2D eigenvalue weighted by Crippen LogP contribution is 2.23. The number of hydrogen-bond acceptors (Lipinski definition) is 4. The number of benzene rings is 3. The van der Waals surface area contributed by atoms with E-state index >= 15 is 0 Å². The summed E-state index contributed by atoms with van der Waals surface area (Å²) in [6, 6.07) is 25.1. The Morgan fingerprint density at radius 1 is 0.897 bits per heavy atom. The lowest BCUT2D eigenvalue weighted by Crippen LogP contribution is -2.29. The normalized spacial score (nSPS) is 10.9.